The zero-order valence-corrected chi connectivity index (χ0v) is 7.96. The fraction of sp³-hybridized carbons (Fsp3) is 0.300. The van der Waals surface area contributed by atoms with Gasteiger partial charge in [-0.25, -0.2) is 0 Å². The van der Waals surface area contributed by atoms with E-state index in [9.17, 15) is 0 Å². The minimum atomic E-state index is 1.23. The molecule has 0 spiro atoms. The third kappa shape index (κ3) is 2.38. The molecule has 0 unspecified atom stereocenters. The number of thiophene rings is 1. The minimum Gasteiger partial charge on any atom is -0.144 e. The maximum absolute atomic E-state index is 3.29. The van der Waals surface area contributed by atoms with Gasteiger partial charge in [-0.3, -0.25) is 0 Å². The van der Waals surface area contributed by atoms with Gasteiger partial charge in [0, 0.05) is 10.5 Å². The molecule has 1 aromatic heterocycles. The van der Waals surface area contributed by atoms with E-state index in [1.807, 2.05) is 0 Å². The second kappa shape index (κ2) is 3.56. The highest BCUT2D eigenvalue weighted by Gasteiger charge is 1.92. The first-order valence-corrected chi connectivity index (χ1v) is 4.52. The molecule has 0 atom stereocenters. The summed E-state index contributed by atoms with van der Waals surface area (Å²) in [5, 5.41) is 2.09. The largest absolute Gasteiger partial charge is 0.144 e. The molecule has 0 fully saturated rings. The van der Waals surface area contributed by atoms with Crippen LogP contribution in [-0.2, 0) is 0 Å². The van der Waals surface area contributed by atoms with Crippen LogP contribution in [0.15, 0.2) is 28.8 Å². The lowest BCUT2D eigenvalue weighted by atomic mass is 10.2. The lowest BCUT2D eigenvalue weighted by molar-refractivity contribution is 1.41. The molecule has 0 nitrogen and oxygen atoms in total. The second-order valence-corrected chi connectivity index (χ2v) is 3.67. The Balaban J connectivity index is 3.05. The van der Waals surface area contributed by atoms with Crippen LogP contribution in [0.5, 0.6) is 0 Å². The van der Waals surface area contributed by atoms with E-state index in [1.165, 1.54) is 16.0 Å². The maximum Gasteiger partial charge on any atom is 0.0376 e. The van der Waals surface area contributed by atoms with Crippen LogP contribution in [0.3, 0.4) is 0 Å². The average Bonchev–Trinajstić information content (AvgIpc) is 2.35. The van der Waals surface area contributed by atoms with Gasteiger partial charge in [-0.2, -0.15) is 0 Å². The van der Waals surface area contributed by atoms with E-state index in [4.69, 9.17) is 0 Å². The van der Waals surface area contributed by atoms with Crippen LogP contribution in [-0.4, -0.2) is 0 Å². The molecule has 1 aromatic rings. The molecule has 0 radical (unpaired) electrons. The predicted molar refractivity (Wildman–Crippen MR) is 51.8 cm³/mol. The molecular weight excluding hydrogens is 152 g/mol. The molecule has 0 aromatic carbocycles. The Labute approximate surface area is 71.9 Å². The van der Waals surface area contributed by atoms with E-state index in [-0.39, 0.29) is 0 Å². The first kappa shape index (κ1) is 8.32. The highest BCUT2D eigenvalue weighted by molar-refractivity contribution is 7.11. The second-order valence-electron chi connectivity index (χ2n) is 2.73. The normalized spacial score (nSPS) is 9.00. The van der Waals surface area contributed by atoms with E-state index < -0.39 is 0 Å². The summed E-state index contributed by atoms with van der Waals surface area (Å²) < 4.78 is 0. The van der Waals surface area contributed by atoms with Crippen molar-refractivity contribution in [3.05, 3.63) is 33.7 Å². The highest BCUT2D eigenvalue weighted by Crippen LogP contribution is 2.18. The van der Waals surface area contributed by atoms with Crippen molar-refractivity contribution in [3.63, 3.8) is 0 Å². The third-order valence-electron chi connectivity index (χ3n) is 1.33. The fourth-order valence-electron chi connectivity index (χ4n) is 0.929. The first-order chi connectivity index (χ1) is 5.20. The molecule has 0 amide bonds. The van der Waals surface area contributed by atoms with Crippen LogP contribution in [0.25, 0.3) is 5.57 Å². The van der Waals surface area contributed by atoms with Crippen molar-refractivity contribution in [1.82, 2.24) is 0 Å². The molecule has 1 rings (SSSR count). The Morgan fingerprint density at radius 3 is 2.55 bits per heavy atom. The Bertz CT molecular complexity index is 281. The highest BCUT2D eigenvalue weighted by atomic mass is 32.1. The minimum absolute atomic E-state index is 1.23. The Morgan fingerprint density at radius 2 is 2.09 bits per heavy atom. The van der Waals surface area contributed by atoms with Gasteiger partial charge >= 0.3 is 0 Å². The van der Waals surface area contributed by atoms with E-state index in [0.717, 1.165) is 0 Å². The molecule has 0 bridgehead atoms. The maximum atomic E-state index is 3.29. The molecule has 1 heteroatoms. The molecule has 0 saturated carbocycles. The summed E-state index contributed by atoms with van der Waals surface area (Å²) in [6, 6.07) is 4.19. The lowest BCUT2D eigenvalue weighted by Crippen LogP contribution is -1.67. The standard InChI is InChI=1S/C10H12S/c1-8(2)7-9(3)10-5-4-6-11-10/h4-6H,1-3H3. The van der Waals surface area contributed by atoms with Crippen LogP contribution in [0.2, 0.25) is 0 Å². The van der Waals surface area contributed by atoms with Gasteiger partial charge in [0.1, 0.15) is 0 Å². The number of allylic oxidation sites excluding steroid dienone is 1. The first-order valence-electron chi connectivity index (χ1n) is 3.65. The van der Waals surface area contributed by atoms with Gasteiger partial charge in [0.2, 0.25) is 0 Å². The van der Waals surface area contributed by atoms with Crippen molar-refractivity contribution in [2.24, 2.45) is 0 Å². The Kier molecular flexibility index (Phi) is 2.70. The zero-order valence-electron chi connectivity index (χ0n) is 7.14. The van der Waals surface area contributed by atoms with Crippen molar-refractivity contribution < 1.29 is 0 Å². The molecule has 0 N–H and O–H groups in total. The van der Waals surface area contributed by atoms with Gasteiger partial charge in [0.15, 0.2) is 0 Å². The lowest BCUT2D eigenvalue weighted by Gasteiger charge is -1.89. The topological polar surface area (TPSA) is 0 Å². The van der Waals surface area contributed by atoms with Gasteiger partial charge < -0.3 is 0 Å². The molecular formula is C10H12S. The van der Waals surface area contributed by atoms with Crippen LogP contribution in [0.4, 0.5) is 0 Å². The number of hydrogen-bond donors (Lipinski definition) is 0. The van der Waals surface area contributed by atoms with Crippen LogP contribution in [0, 0.1) is 0 Å². The number of rotatable bonds is 1. The molecule has 11 heavy (non-hydrogen) atoms. The third-order valence-corrected chi connectivity index (χ3v) is 2.32. The van der Waals surface area contributed by atoms with E-state index in [1.54, 1.807) is 11.3 Å². The molecule has 0 aliphatic rings. The van der Waals surface area contributed by atoms with Crippen LogP contribution in [0.1, 0.15) is 25.6 Å². The smallest absolute Gasteiger partial charge is 0.0376 e. The summed E-state index contributed by atoms with van der Waals surface area (Å²) in [5.41, 5.74) is 5.76. The van der Waals surface area contributed by atoms with E-state index >= 15 is 0 Å². The zero-order chi connectivity index (χ0) is 8.27. The van der Waals surface area contributed by atoms with Crippen molar-refractivity contribution in [1.29, 1.82) is 0 Å². The SMILES string of the molecule is CC(C)=C=C(C)c1cccs1. The van der Waals surface area contributed by atoms with Crippen molar-refractivity contribution in [2.45, 2.75) is 20.8 Å². The van der Waals surface area contributed by atoms with Gasteiger partial charge in [-0.15, -0.1) is 17.1 Å². The molecule has 0 aliphatic heterocycles. The molecule has 58 valence electrons. The number of hydrogen-bond acceptors (Lipinski definition) is 1. The summed E-state index contributed by atoms with van der Waals surface area (Å²) in [6.07, 6.45) is 0. The summed E-state index contributed by atoms with van der Waals surface area (Å²) >= 11 is 1.76. The fourth-order valence-corrected chi connectivity index (χ4v) is 1.62. The molecule has 1 heterocycles. The van der Waals surface area contributed by atoms with Crippen LogP contribution < -0.4 is 0 Å². The summed E-state index contributed by atoms with van der Waals surface area (Å²) in [4.78, 5) is 1.31. The Morgan fingerprint density at radius 1 is 1.36 bits per heavy atom. The van der Waals surface area contributed by atoms with Crippen LogP contribution >= 0.6 is 11.3 Å². The van der Waals surface area contributed by atoms with Gasteiger partial charge in [-0.05, 0) is 37.8 Å². The van der Waals surface area contributed by atoms with Crippen molar-refractivity contribution in [3.8, 4) is 0 Å². The Hall–Kier alpha value is -0.780. The quantitative estimate of drug-likeness (QED) is 0.555. The van der Waals surface area contributed by atoms with E-state index in [2.05, 4.69) is 44.0 Å². The summed E-state index contributed by atoms with van der Waals surface area (Å²) in [5.74, 6) is 0. The summed E-state index contributed by atoms with van der Waals surface area (Å²) in [7, 11) is 0. The average molecular weight is 164 g/mol. The molecule has 0 saturated heterocycles. The monoisotopic (exact) mass is 164 g/mol. The van der Waals surface area contributed by atoms with Gasteiger partial charge in [0.05, 0.1) is 0 Å². The van der Waals surface area contributed by atoms with Crippen molar-refractivity contribution in [2.75, 3.05) is 0 Å². The van der Waals surface area contributed by atoms with Gasteiger partial charge in [-0.1, -0.05) is 6.07 Å². The van der Waals surface area contributed by atoms with E-state index in [0.29, 0.717) is 0 Å². The van der Waals surface area contributed by atoms with Gasteiger partial charge in [0.25, 0.3) is 0 Å². The molecule has 0 aliphatic carbocycles. The van der Waals surface area contributed by atoms with Crippen molar-refractivity contribution >= 4 is 16.9 Å². The predicted octanol–water partition coefficient (Wildman–Crippen LogP) is 3.72. The summed E-state index contributed by atoms with van der Waals surface area (Å²) in [6.45, 7) is 6.23.